The van der Waals surface area contributed by atoms with Crippen LogP contribution in [0.2, 0.25) is 0 Å². The predicted octanol–water partition coefficient (Wildman–Crippen LogP) is 4.19. The second-order valence-electron chi connectivity index (χ2n) is 3.50. The quantitative estimate of drug-likeness (QED) is 0.797. The van der Waals surface area contributed by atoms with Crippen LogP contribution in [0.1, 0.15) is 0 Å². The van der Waals surface area contributed by atoms with E-state index in [1.807, 2.05) is 0 Å². The average molecular weight is 298 g/mol. The summed E-state index contributed by atoms with van der Waals surface area (Å²) in [6.07, 6.45) is 0. The smallest absolute Gasteiger partial charge is 0.386 e. The monoisotopic (exact) mass is 298 g/mol. The van der Waals surface area contributed by atoms with Gasteiger partial charge in [0.1, 0.15) is 11.5 Å². The highest BCUT2D eigenvalue weighted by molar-refractivity contribution is 8.00. The van der Waals surface area contributed by atoms with E-state index in [9.17, 15) is 22.0 Å². The molecule has 106 valence electrons. The van der Waals surface area contributed by atoms with Crippen molar-refractivity contribution in [3.8, 4) is 0 Å². The third kappa shape index (κ3) is 4.62. The fraction of sp³-hybridized carbons (Fsp3) is 0.273. The summed E-state index contributed by atoms with van der Waals surface area (Å²) in [5.41, 5.74) is -5.07. The first-order valence-electron chi connectivity index (χ1n) is 5.06. The van der Waals surface area contributed by atoms with Crippen LogP contribution < -0.4 is 10.6 Å². The van der Waals surface area contributed by atoms with Gasteiger partial charge in [-0.3, -0.25) is 0 Å². The maximum absolute atomic E-state index is 13.7. The summed E-state index contributed by atoms with van der Waals surface area (Å²) < 4.78 is 63.0. The molecule has 0 unspecified atom stereocenters. The lowest BCUT2D eigenvalue weighted by Crippen LogP contribution is -2.09. The Kier molecular flexibility index (Phi) is 5.04. The molecule has 1 aromatic rings. The maximum Gasteiger partial charge on any atom is 0.442 e. The highest BCUT2D eigenvalue weighted by Gasteiger charge is 2.28. The van der Waals surface area contributed by atoms with Gasteiger partial charge in [-0.1, -0.05) is 6.58 Å². The van der Waals surface area contributed by atoms with Crippen LogP contribution in [0.25, 0.3) is 0 Å². The Balaban J connectivity index is 2.79. The molecule has 0 radical (unpaired) electrons. The van der Waals surface area contributed by atoms with Gasteiger partial charge in [0.15, 0.2) is 5.82 Å². The van der Waals surface area contributed by atoms with E-state index in [4.69, 9.17) is 0 Å². The van der Waals surface area contributed by atoms with E-state index < -0.39 is 28.6 Å². The van der Waals surface area contributed by atoms with Gasteiger partial charge in [-0.25, -0.2) is 8.78 Å². The number of nitrogens with one attached hydrogen (secondary N) is 2. The molecule has 1 aromatic carbocycles. The van der Waals surface area contributed by atoms with Crippen LogP contribution in [0.4, 0.5) is 33.3 Å². The minimum Gasteiger partial charge on any atom is -0.386 e. The molecule has 0 aliphatic carbocycles. The van der Waals surface area contributed by atoms with Crippen molar-refractivity contribution < 1.29 is 22.0 Å². The van der Waals surface area contributed by atoms with Crippen LogP contribution in [-0.2, 0) is 0 Å². The molecule has 0 bridgehead atoms. The number of halogens is 5. The first kappa shape index (κ1) is 15.6. The van der Waals surface area contributed by atoms with Gasteiger partial charge in [-0.15, -0.1) is 0 Å². The van der Waals surface area contributed by atoms with Gasteiger partial charge < -0.3 is 10.6 Å². The molecular formula is C11H11F5N2S. The fourth-order valence-electron chi connectivity index (χ4n) is 1.24. The largest absolute Gasteiger partial charge is 0.442 e. The molecule has 0 amide bonds. The second-order valence-corrected chi connectivity index (χ2v) is 4.54. The number of anilines is 2. The van der Waals surface area contributed by atoms with Gasteiger partial charge in [0.2, 0.25) is 0 Å². The van der Waals surface area contributed by atoms with Crippen LogP contribution in [-0.4, -0.2) is 18.3 Å². The minimum absolute atomic E-state index is 0.0279. The molecule has 0 saturated heterocycles. The molecule has 0 aliphatic rings. The minimum atomic E-state index is -4.42. The summed E-state index contributed by atoms with van der Waals surface area (Å²) in [7, 11) is 1.44. The Bertz CT molecular complexity index is 473. The zero-order valence-electron chi connectivity index (χ0n) is 9.87. The third-order valence-corrected chi connectivity index (χ3v) is 2.89. The summed E-state index contributed by atoms with van der Waals surface area (Å²) in [6, 6.07) is 2.19. The van der Waals surface area contributed by atoms with Gasteiger partial charge in [-0.2, -0.15) is 13.2 Å². The number of hydrogen-bond acceptors (Lipinski definition) is 3. The molecule has 19 heavy (non-hydrogen) atoms. The topological polar surface area (TPSA) is 24.1 Å². The molecular weight excluding hydrogens is 287 g/mol. The van der Waals surface area contributed by atoms with Crippen LogP contribution in [0.5, 0.6) is 0 Å². The summed E-state index contributed by atoms with van der Waals surface area (Å²) in [5.74, 6) is -2.36. The van der Waals surface area contributed by atoms with E-state index in [1.165, 1.54) is 13.1 Å². The summed E-state index contributed by atoms with van der Waals surface area (Å²) in [4.78, 5) is 0. The van der Waals surface area contributed by atoms with Crippen molar-refractivity contribution in [2.75, 3.05) is 23.4 Å². The molecule has 0 spiro atoms. The Morgan fingerprint density at radius 2 is 1.95 bits per heavy atom. The highest BCUT2D eigenvalue weighted by atomic mass is 32.2. The third-order valence-electron chi connectivity index (χ3n) is 2.07. The predicted molar refractivity (Wildman–Crippen MR) is 67.2 cm³/mol. The SMILES string of the molecule is C=C(CSC(F)(F)F)Nc1c(F)ccc(NC)c1F. The lowest BCUT2D eigenvalue weighted by Gasteiger charge is -2.14. The van der Waals surface area contributed by atoms with Gasteiger partial charge in [-0.05, 0) is 23.9 Å². The van der Waals surface area contributed by atoms with E-state index in [1.54, 1.807) is 0 Å². The van der Waals surface area contributed by atoms with Crippen molar-refractivity contribution in [2.45, 2.75) is 5.51 Å². The molecule has 1 rings (SSSR count). The molecule has 0 atom stereocenters. The zero-order valence-corrected chi connectivity index (χ0v) is 10.7. The van der Waals surface area contributed by atoms with Crippen molar-refractivity contribution in [3.05, 3.63) is 36.0 Å². The molecule has 0 aromatic heterocycles. The van der Waals surface area contributed by atoms with Gasteiger partial charge >= 0.3 is 5.51 Å². The van der Waals surface area contributed by atoms with E-state index in [2.05, 4.69) is 17.2 Å². The van der Waals surface area contributed by atoms with E-state index in [0.717, 1.165) is 6.07 Å². The number of rotatable bonds is 5. The number of benzene rings is 1. The maximum atomic E-state index is 13.7. The number of hydrogen-bond donors (Lipinski definition) is 2. The van der Waals surface area contributed by atoms with Crippen LogP contribution in [0.3, 0.4) is 0 Å². The Morgan fingerprint density at radius 1 is 1.32 bits per heavy atom. The fourth-order valence-corrected chi connectivity index (χ4v) is 1.65. The van der Waals surface area contributed by atoms with Crippen molar-refractivity contribution in [1.82, 2.24) is 0 Å². The lowest BCUT2D eigenvalue weighted by molar-refractivity contribution is -0.0326. The molecule has 0 fully saturated rings. The van der Waals surface area contributed by atoms with Gasteiger partial charge in [0.05, 0.1) is 5.69 Å². The number of thioether (sulfide) groups is 1. The molecule has 0 heterocycles. The molecule has 2 N–H and O–H groups in total. The summed E-state index contributed by atoms with van der Waals surface area (Å²) in [6.45, 7) is 3.31. The van der Waals surface area contributed by atoms with Gasteiger partial charge in [0, 0.05) is 18.5 Å². The summed E-state index contributed by atoms with van der Waals surface area (Å²) >= 11 is -0.340. The Morgan fingerprint density at radius 3 is 2.47 bits per heavy atom. The van der Waals surface area contributed by atoms with Crippen LogP contribution in [0, 0.1) is 11.6 Å². The Hall–Kier alpha value is -1.44. The van der Waals surface area contributed by atoms with E-state index in [-0.39, 0.29) is 23.1 Å². The Labute approximate surface area is 111 Å². The van der Waals surface area contributed by atoms with Crippen molar-refractivity contribution >= 4 is 23.1 Å². The standard InChI is InChI=1S/C11H11F5N2S/c1-6(5-19-11(14,15)16)18-10-7(12)3-4-8(17-2)9(10)13/h3-4,17-18H,1,5H2,2H3. The first-order chi connectivity index (χ1) is 8.74. The van der Waals surface area contributed by atoms with Gasteiger partial charge in [0.25, 0.3) is 0 Å². The second kappa shape index (κ2) is 6.14. The van der Waals surface area contributed by atoms with E-state index in [0.29, 0.717) is 0 Å². The van der Waals surface area contributed by atoms with Crippen molar-refractivity contribution in [2.24, 2.45) is 0 Å². The van der Waals surface area contributed by atoms with Crippen molar-refractivity contribution in [3.63, 3.8) is 0 Å². The zero-order chi connectivity index (χ0) is 14.6. The normalized spacial score (nSPS) is 11.3. The first-order valence-corrected chi connectivity index (χ1v) is 6.04. The van der Waals surface area contributed by atoms with Crippen molar-refractivity contribution in [1.29, 1.82) is 0 Å². The molecule has 0 aliphatic heterocycles. The molecule has 2 nitrogen and oxygen atoms in total. The molecule has 8 heteroatoms. The van der Waals surface area contributed by atoms with E-state index >= 15 is 0 Å². The molecule has 0 saturated carbocycles. The lowest BCUT2D eigenvalue weighted by atomic mass is 10.2. The average Bonchev–Trinajstić information content (AvgIpc) is 2.31. The number of alkyl halides is 3. The summed E-state index contributed by atoms with van der Waals surface area (Å²) in [5, 5.41) is 4.72. The van der Waals surface area contributed by atoms with Crippen LogP contribution in [0.15, 0.2) is 24.4 Å². The van der Waals surface area contributed by atoms with Crippen LogP contribution >= 0.6 is 11.8 Å². The highest BCUT2D eigenvalue weighted by Crippen LogP contribution is 2.32.